The van der Waals surface area contributed by atoms with Gasteiger partial charge in [-0.15, -0.1) is 0 Å². The summed E-state index contributed by atoms with van der Waals surface area (Å²) in [4.78, 5) is 18.1. The first-order valence-electron chi connectivity index (χ1n) is 8.53. The number of aromatic nitrogens is 1. The highest BCUT2D eigenvalue weighted by atomic mass is 32.2. The average molecular weight is 376 g/mol. The lowest BCUT2D eigenvalue weighted by Gasteiger charge is -2.49. The van der Waals surface area contributed by atoms with Crippen LogP contribution in [0, 0.1) is 12.8 Å². The lowest BCUT2D eigenvalue weighted by atomic mass is 9.83. The summed E-state index contributed by atoms with van der Waals surface area (Å²) in [5.41, 5.74) is 0. The Bertz CT molecular complexity index is 916. The minimum Gasteiger partial charge on any atom is -0.477 e. The third-order valence-corrected chi connectivity index (χ3v) is 7.93. The van der Waals surface area contributed by atoms with Gasteiger partial charge in [-0.05, 0) is 31.5 Å². The molecule has 0 radical (unpaired) electrons. The Labute approximate surface area is 151 Å². The molecule has 26 heavy (non-hydrogen) atoms. The number of pyridine rings is 1. The molecular weight excluding hydrogens is 356 g/mol. The summed E-state index contributed by atoms with van der Waals surface area (Å²) in [6.45, 7) is 2.41. The van der Waals surface area contributed by atoms with E-state index in [2.05, 4.69) is 4.98 Å². The molecule has 7 nitrogen and oxygen atoms in total. The van der Waals surface area contributed by atoms with E-state index >= 15 is 0 Å². The van der Waals surface area contributed by atoms with E-state index in [9.17, 15) is 13.2 Å². The van der Waals surface area contributed by atoms with Crippen LogP contribution in [0.15, 0.2) is 40.9 Å². The fourth-order valence-electron chi connectivity index (χ4n) is 3.77. The number of likely N-dealkylation sites (tertiary alicyclic amines) is 1. The molecule has 0 bridgehead atoms. The normalized spacial score (nSPS) is 23.0. The summed E-state index contributed by atoms with van der Waals surface area (Å²) in [5, 5.41) is 0. The molecule has 2 aromatic heterocycles. The number of sulfone groups is 1. The van der Waals surface area contributed by atoms with Crippen LogP contribution in [0.25, 0.3) is 0 Å². The van der Waals surface area contributed by atoms with E-state index in [1.165, 1.54) is 4.90 Å². The van der Waals surface area contributed by atoms with Gasteiger partial charge in [-0.3, -0.25) is 4.79 Å². The standard InChI is InChI=1S/C18H20N2O5S/c1-13-5-6-15(25-13)17(21)20-11-18(12-20)14(7-9-26(18,22)23)10-24-16-4-2-3-8-19-16/h2-6,8,14H,7,9-12H2,1H3. The zero-order valence-corrected chi connectivity index (χ0v) is 15.2. The number of rotatable bonds is 4. The monoisotopic (exact) mass is 376 g/mol. The van der Waals surface area contributed by atoms with Crippen molar-refractivity contribution in [1.29, 1.82) is 0 Å². The SMILES string of the molecule is Cc1ccc(C(=O)N2CC3(C2)C(COc2ccccn2)CCS3(=O)=O)o1. The third-order valence-electron chi connectivity index (χ3n) is 5.32. The largest absolute Gasteiger partial charge is 0.477 e. The molecule has 8 heteroatoms. The summed E-state index contributed by atoms with van der Waals surface area (Å²) < 4.78 is 35.5. The topological polar surface area (TPSA) is 89.7 Å². The Balaban J connectivity index is 1.47. The van der Waals surface area contributed by atoms with Crippen LogP contribution in [-0.2, 0) is 9.84 Å². The maximum absolute atomic E-state index is 12.7. The van der Waals surface area contributed by atoms with Crippen molar-refractivity contribution in [2.75, 3.05) is 25.4 Å². The predicted octanol–water partition coefficient (Wildman–Crippen LogP) is 1.69. The van der Waals surface area contributed by atoms with Gasteiger partial charge in [0.2, 0.25) is 5.88 Å². The van der Waals surface area contributed by atoms with E-state index in [0.717, 1.165) is 0 Å². The van der Waals surface area contributed by atoms with Gasteiger partial charge in [0.25, 0.3) is 5.91 Å². The number of nitrogens with zero attached hydrogens (tertiary/aromatic N) is 2. The first-order chi connectivity index (χ1) is 12.4. The fraction of sp³-hybridized carbons (Fsp3) is 0.444. The van der Waals surface area contributed by atoms with Crippen LogP contribution in [0.5, 0.6) is 5.88 Å². The van der Waals surface area contributed by atoms with Gasteiger partial charge >= 0.3 is 0 Å². The number of carbonyl (C=O) groups is 1. The molecule has 1 unspecified atom stereocenters. The van der Waals surface area contributed by atoms with Gasteiger partial charge in [0.15, 0.2) is 15.6 Å². The lowest BCUT2D eigenvalue weighted by molar-refractivity contribution is 0.0377. The number of furan rings is 1. The van der Waals surface area contributed by atoms with Crippen molar-refractivity contribution in [2.24, 2.45) is 5.92 Å². The van der Waals surface area contributed by atoms with Crippen molar-refractivity contribution in [3.05, 3.63) is 48.0 Å². The maximum atomic E-state index is 12.7. The van der Waals surface area contributed by atoms with Gasteiger partial charge in [0, 0.05) is 31.3 Å². The van der Waals surface area contributed by atoms with E-state index in [1.54, 1.807) is 37.4 Å². The molecule has 4 heterocycles. The van der Waals surface area contributed by atoms with Crippen molar-refractivity contribution >= 4 is 15.7 Å². The van der Waals surface area contributed by atoms with Crippen LogP contribution >= 0.6 is 0 Å². The van der Waals surface area contributed by atoms with E-state index in [4.69, 9.17) is 9.15 Å². The minimum absolute atomic E-state index is 0.130. The minimum atomic E-state index is -3.27. The molecule has 0 aliphatic carbocycles. The second-order valence-corrected chi connectivity index (χ2v) is 9.37. The molecule has 0 aromatic carbocycles. The number of hydrogen-bond donors (Lipinski definition) is 0. The second kappa shape index (κ2) is 6.12. The Morgan fingerprint density at radius 2 is 2.15 bits per heavy atom. The fourth-order valence-corrected chi connectivity index (χ4v) is 6.18. The van der Waals surface area contributed by atoms with Crippen LogP contribution in [0.4, 0.5) is 0 Å². The van der Waals surface area contributed by atoms with E-state index in [1.807, 2.05) is 6.07 Å². The van der Waals surface area contributed by atoms with Crippen LogP contribution in [0.3, 0.4) is 0 Å². The van der Waals surface area contributed by atoms with Crippen LogP contribution in [-0.4, -0.2) is 54.4 Å². The number of aryl methyl sites for hydroxylation is 1. The Hall–Kier alpha value is -2.35. The number of amides is 1. The highest BCUT2D eigenvalue weighted by Crippen LogP contribution is 2.45. The molecule has 2 saturated heterocycles. The van der Waals surface area contributed by atoms with E-state index in [-0.39, 0.29) is 43.0 Å². The van der Waals surface area contributed by atoms with Crippen LogP contribution in [0.1, 0.15) is 22.7 Å². The molecule has 0 saturated carbocycles. The quantitative estimate of drug-likeness (QED) is 0.807. The highest BCUT2D eigenvalue weighted by Gasteiger charge is 2.63. The molecule has 138 valence electrons. The number of hydrogen-bond acceptors (Lipinski definition) is 6. The van der Waals surface area contributed by atoms with Crippen molar-refractivity contribution < 1.29 is 22.4 Å². The Morgan fingerprint density at radius 1 is 1.35 bits per heavy atom. The van der Waals surface area contributed by atoms with E-state index < -0.39 is 14.6 Å². The van der Waals surface area contributed by atoms with E-state index in [0.29, 0.717) is 18.1 Å². The summed E-state index contributed by atoms with van der Waals surface area (Å²) in [6.07, 6.45) is 2.17. The summed E-state index contributed by atoms with van der Waals surface area (Å²) in [6, 6.07) is 8.69. The third kappa shape index (κ3) is 2.68. The molecule has 0 N–H and O–H groups in total. The van der Waals surface area contributed by atoms with Crippen LogP contribution < -0.4 is 4.74 Å². The average Bonchev–Trinajstić information content (AvgIpc) is 3.13. The van der Waals surface area contributed by atoms with Gasteiger partial charge < -0.3 is 14.1 Å². The smallest absolute Gasteiger partial charge is 0.289 e. The van der Waals surface area contributed by atoms with Crippen molar-refractivity contribution in [3.8, 4) is 5.88 Å². The molecular formula is C18H20N2O5S. The Kier molecular flexibility index (Phi) is 4.02. The summed E-state index contributed by atoms with van der Waals surface area (Å²) in [5.74, 6) is 1.08. The lowest BCUT2D eigenvalue weighted by Crippen LogP contribution is -2.68. The molecule has 2 aliphatic heterocycles. The molecule has 4 rings (SSSR count). The maximum Gasteiger partial charge on any atom is 0.289 e. The number of ether oxygens (including phenoxy) is 1. The predicted molar refractivity (Wildman–Crippen MR) is 93.7 cm³/mol. The van der Waals surface area contributed by atoms with Crippen molar-refractivity contribution in [1.82, 2.24) is 9.88 Å². The first-order valence-corrected chi connectivity index (χ1v) is 10.2. The zero-order chi connectivity index (χ0) is 18.4. The van der Waals surface area contributed by atoms with Crippen molar-refractivity contribution in [3.63, 3.8) is 0 Å². The molecule has 2 aromatic rings. The van der Waals surface area contributed by atoms with Crippen molar-refractivity contribution in [2.45, 2.75) is 18.1 Å². The molecule has 2 fully saturated rings. The second-order valence-electron chi connectivity index (χ2n) is 6.92. The summed E-state index contributed by atoms with van der Waals surface area (Å²) >= 11 is 0. The van der Waals surface area contributed by atoms with Gasteiger partial charge in [-0.1, -0.05) is 6.07 Å². The number of carbonyl (C=O) groups excluding carboxylic acids is 1. The molecule has 2 aliphatic rings. The van der Waals surface area contributed by atoms with Gasteiger partial charge in [-0.25, -0.2) is 13.4 Å². The molecule has 1 amide bonds. The highest BCUT2D eigenvalue weighted by molar-refractivity contribution is 7.93. The Morgan fingerprint density at radius 3 is 2.81 bits per heavy atom. The molecule has 1 atom stereocenters. The van der Waals surface area contributed by atoms with Gasteiger partial charge in [0.1, 0.15) is 10.5 Å². The first kappa shape index (κ1) is 17.1. The van der Waals surface area contributed by atoms with Crippen LogP contribution in [0.2, 0.25) is 0 Å². The summed E-state index contributed by atoms with van der Waals surface area (Å²) in [7, 11) is -3.27. The molecule has 1 spiro atoms. The van der Waals surface area contributed by atoms with Gasteiger partial charge in [-0.2, -0.15) is 0 Å². The van der Waals surface area contributed by atoms with Gasteiger partial charge in [0.05, 0.1) is 12.4 Å². The zero-order valence-electron chi connectivity index (χ0n) is 14.4.